The van der Waals surface area contributed by atoms with Crippen LogP contribution in [0.3, 0.4) is 0 Å². The van der Waals surface area contributed by atoms with Gasteiger partial charge < -0.3 is 5.32 Å². The number of carbonyl (C=O) groups is 1. The zero-order valence-electron chi connectivity index (χ0n) is 15.2. The second-order valence-corrected chi connectivity index (χ2v) is 7.03. The van der Waals surface area contributed by atoms with Crippen molar-refractivity contribution in [3.63, 3.8) is 0 Å². The van der Waals surface area contributed by atoms with Gasteiger partial charge in [0.15, 0.2) is 0 Å². The van der Waals surface area contributed by atoms with E-state index in [1.807, 2.05) is 31.2 Å². The van der Waals surface area contributed by atoms with Crippen molar-refractivity contribution in [2.45, 2.75) is 6.92 Å². The summed E-state index contributed by atoms with van der Waals surface area (Å²) in [5.41, 5.74) is 3.11. The zero-order chi connectivity index (χ0) is 20.3. The summed E-state index contributed by atoms with van der Waals surface area (Å²) >= 11 is 3.42. The number of aromatic nitrogens is 2. The summed E-state index contributed by atoms with van der Waals surface area (Å²) in [5, 5.41) is 18.1. The normalized spacial score (nSPS) is 11.0. The number of nitrogens with one attached hydrogen (secondary N) is 1. The van der Waals surface area contributed by atoms with Gasteiger partial charge in [-0.1, -0.05) is 40.2 Å². The van der Waals surface area contributed by atoms with Gasteiger partial charge in [0.2, 0.25) is 5.91 Å². The first-order valence-corrected chi connectivity index (χ1v) is 9.17. The van der Waals surface area contributed by atoms with E-state index in [9.17, 15) is 14.9 Å². The first-order chi connectivity index (χ1) is 13.3. The number of non-ortho nitro benzene ring substituents is 1. The Bertz CT molecular complexity index is 1070. The average molecular weight is 441 g/mol. The Hall–Kier alpha value is -3.26. The molecule has 1 heterocycles. The molecule has 28 heavy (non-hydrogen) atoms. The number of nitro benzene ring substituents is 1. The minimum absolute atomic E-state index is 0.0256. The lowest BCUT2D eigenvalue weighted by atomic mass is 10.1. The van der Waals surface area contributed by atoms with E-state index < -0.39 is 4.92 Å². The van der Waals surface area contributed by atoms with Crippen molar-refractivity contribution >= 4 is 39.4 Å². The number of benzene rings is 2. The summed E-state index contributed by atoms with van der Waals surface area (Å²) in [7, 11) is 1.76. The van der Waals surface area contributed by atoms with Crippen LogP contribution in [0.4, 0.5) is 11.5 Å². The summed E-state index contributed by atoms with van der Waals surface area (Å²) in [6.45, 7) is 1.88. The van der Waals surface area contributed by atoms with Gasteiger partial charge in [0.05, 0.1) is 10.6 Å². The van der Waals surface area contributed by atoms with Gasteiger partial charge in [-0.05, 0) is 36.3 Å². The summed E-state index contributed by atoms with van der Waals surface area (Å²) in [4.78, 5) is 22.8. The Kier molecular flexibility index (Phi) is 5.70. The van der Waals surface area contributed by atoms with E-state index in [1.54, 1.807) is 23.9 Å². The summed E-state index contributed by atoms with van der Waals surface area (Å²) in [6.07, 6.45) is 2.87. The lowest BCUT2D eigenvalue weighted by Crippen LogP contribution is -2.12. The van der Waals surface area contributed by atoms with E-state index in [1.165, 1.54) is 24.3 Å². The number of carbonyl (C=O) groups excluding carboxylic acids is 1. The molecular weight excluding hydrogens is 424 g/mol. The molecular formula is C20H17BrN4O3. The molecule has 0 aliphatic heterocycles. The van der Waals surface area contributed by atoms with E-state index >= 15 is 0 Å². The van der Waals surface area contributed by atoms with Crippen molar-refractivity contribution in [1.82, 2.24) is 9.78 Å². The van der Waals surface area contributed by atoms with Gasteiger partial charge in [-0.25, -0.2) is 0 Å². The van der Waals surface area contributed by atoms with Gasteiger partial charge in [-0.3, -0.25) is 19.6 Å². The van der Waals surface area contributed by atoms with Crippen LogP contribution in [0.1, 0.15) is 11.3 Å². The number of nitrogens with zero attached hydrogens (tertiary/aromatic N) is 3. The van der Waals surface area contributed by atoms with Gasteiger partial charge in [-0.2, -0.15) is 5.10 Å². The van der Waals surface area contributed by atoms with Crippen molar-refractivity contribution in [3.05, 3.63) is 80.5 Å². The highest BCUT2D eigenvalue weighted by molar-refractivity contribution is 9.10. The van der Waals surface area contributed by atoms with E-state index in [0.717, 1.165) is 21.3 Å². The molecule has 1 amide bonds. The third kappa shape index (κ3) is 4.34. The van der Waals surface area contributed by atoms with Crippen LogP contribution in [-0.4, -0.2) is 20.6 Å². The van der Waals surface area contributed by atoms with E-state index in [4.69, 9.17) is 0 Å². The summed E-state index contributed by atoms with van der Waals surface area (Å²) in [6, 6.07) is 13.8. The number of anilines is 1. The third-order valence-corrected chi connectivity index (χ3v) is 4.63. The number of rotatable bonds is 5. The van der Waals surface area contributed by atoms with Crippen LogP contribution in [0.5, 0.6) is 0 Å². The lowest BCUT2D eigenvalue weighted by Gasteiger charge is -2.08. The number of hydrogen-bond donors (Lipinski definition) is 1. The second-order valence-electron chi connectivity index (χ2n) is 6.11. The number of hydrogen-bond acceptors (Lipinski definition) is 4. The standard InChI is InChI=1S/C20H17BrN4O3/c1-13-19(15-7-9-16(21)10-8-15)20(24(2)23-13)22-18(26)11-6-14-4-3-5-17(12-14)25(27)28/h3-12H,1-2H3,(H,22,26)/b11-6+. The zero-order valence-corrected chi connectivity index (χ0v) is 16.8. The van der Waals surface area contributed by atoms with Gasteiger partial charge >= 0.3 is 0 Å². The van der Waals surface area contributed by atoms with Gasteiger partial charge in [0, 0.05) is 35.3 Å². The van der Waals surface area contributed by atoms with E-state index in [-0.39, 0.29) is 11.6 Å². The maximum absolute atomic E-state index is 12.4. The summed E-state index contributed by atoms with van der Waals surface area (Å²) in [5.74, 6) is 0.224. The molecule has 1 aromatic heterocycles. The minimum Gasteiger partial charge on any atom is -0.307 e. The van der Waals surface area contributed by atoms with Crippen molar-refractivity contribution in [3.8, 4) is 11.1 Å². The maximum atomic E-state index is 12.4. The Morgan fingerprint density at radius 1 is 1.25 bits per heavy atom. The fraction of sp³-hybridized carbons (Fsp3) is 0.100. The van der Waals surface area contributed by atoms with Crippen LogP contribution in [-0.2, 0) is 11.8 Å². The Balaban J connectivity index is 1.84. The minimum atomic E-state index is -0.472. The first kappa shape index (κ1) is 19.5. The van der Waals surface area contributed by atoms with Crippen LogP contribution < -0.4 is 5.32 Å². The highest BCUT2D eigenvalue weighted by Gasteiger charge is 2.16. The molecule has 0 spiro atoms. The summed E-state index contributed by atoms with van der Waals surface area (Å²) < 4.78 is 2.58. The lowest BCUT2D eigenvalue weighted by molar-refractivity contribution is -0.384. The average Bonchev–Trinajstić information content (AvgIpc) is 2.94. The Labute approximate surface area is 170 Å². The monoisotopic (exact) mass is 440 g/mol. The number of halogens is 1. The molecule has 0 aliphatic rings. The molecule has 0 aliphatic carbocycles. The molecule has 0 unspecified atom stereocenters. The number of aryl methyl sites for hydroxylation is 2. The molecule has 2 aromatic carbocycles. The van der Waals surface area contributed by atoms with Crippen molar-refractivity contribution in [1.29, 1.82) is 0 Å². The molecule has 3 rings (SSSR count). The van der Waals surface area contributed by atoms with E-state index in [2.05, 4.69) is 26.3 Å². The highest BCUT2D eigenvalue weighted by Crippen LogP contribution is 2.31. The molecule has 0 saturated heterocycles. The molecule has 142 valence electrons. The van der Waals surface area contributed by atoms with Crippen LogP contribution in [0.2, 0.25) is 0 Å². The molecule has 8 heteroatoms. The first-order valence-electron chi connectivity index (χ1n) is 8.38. The topological polar surface area (TPSA) is 90.1 Å². The van der Waals surface area contributed by atoms with Gasteiger partial charge in [0.25, 0.3) is 5.69 Å². The largest absolute Gasteiger partial charge is 0.307 e. The molecule has 0 fully saturated rings. The Morgan fingerprint density at radius 2 is 1.96 bits per heavy atom. The van der Waals surface area contributed by atoms with Crippen molar-refractivity contribution < 1.29 is 9.72 Å². The van der Waals surface area contributed by atoms with Gasteiger partial charge in [0.1, 0.15) is 5.82 Å². The van der Waals surface area contributed by atoms with Crippen molar-refractivity contribution in [2.24, 2.45) is 7.05 Å². The van der Waals surface area contributed by atoms with Crippen LogP contribution >= 0.6 is 15.9 Å². The molecule has 7 nitrogen and oxygen atoms in total. The van der Waals surface area contributed by atoms with Crippen LogP contribution in [0, 0.1) is 17.0 Å². The van der Waals surface area contributed by atoms with Gasteiger partial charge in [-0.15, -0.1) is 0 Å². The fourth-order valence-electron chi connectivity index (χ4n) is 2.84. The van der Waals surface area contributed by atoms with Crippen molar-refractivity contribution in [2.75, 3.05) is 5.32 Å². The van der Waals surface area contributed by atoms with Crippen LogP contribution in [0.25, 0.3) is 17.2 Å². The second kappa shape index (κ2) is 8.18. The predicted molar refractivity (Wildman–Crippen MR) is 112 cm³/mol. The molecule has 1 N–H and O–H groups in total. The predicted octanol–water partition coefficient (Wildman–Crippen LogP) is 4.72. The molecule has 0 atom stereocenters. The van der Waals surface area contributed by atoms with E-state index in [0.29, 0.717) is 11.4 Å². The quantitative estimate of drug-likeness (QED) is 0.353. The highest BCUT2D eigenvalue weighted by atomic mass is 79.9. The SMILES string of the molecule is Cc1nn(C)c(NC(=O)/C=C/c2cccc([N+](=O)[O-])c2)c1-c1ccc(Br)cc1. The molecule has 0 saturated carbocycles. The number of nitro groups is 1. The van der Waals surface area contributed by atoms with Crippen LogP contribution in [0.15, 0.2) is 59.1 Å². The third-order valence-electron chi connectivity index (χ3n) is 4.10. The fourth-order valence-corrected chi connectivity index (χ4v) is 3.10. The molecule has 3 aromatic rings. The smallest absolute Gasteiger partial charge is 0.270 e. The maximum Gasteiger partial charge on any atom is 0.270 e. The number of amides is 1. The molecule has 0 radical (unpaired) electrons. The Morgan fingerprint density at radius 3 is 2.64 bits per heavy atom. The molecule has 0 bridgehead atoms.